The molecule has 1 N–H and O–H groups in total. The Labute approximate surface area is 148 Å². The highest BCUT2D eigenvalue weighted by Crippen LogP contribution is 2.35. The molecule has 0 atom stereocenters. The van der Waals surface area contributed by atoms with Crippen LogP contribution in [0.5, 0.6) is 0 Å². The van der Waals surface area contributed by atoms with Crippen molar-refractivity contribution in [1.82, 2.24) is 14.6 Å². The van der Waals surface area contributed by atoms with Crippen molar-refractivity contribution in [2.24, 2.45) is 0 Å². The normalized spacial score (nSPS) is 17.3. The van der Waals surface area contributed by atoms with Crippen LogP contribution in [-0.2, 0) is 12.8 Å². The summed E-state index contributed by atoms with van der Waals surface area (Å²) in [6, 6.07) is 11.1. The smallest absolute Gasteiger partial charge is 0.165 e. The number of aromatic nitrogens is 3. The number of nitrogens with one attached hydrogen (secondary N) is 1. The molecule has 2 heterocycles. The monoisotopic (exact) mass is 332 g/mol. The Hall–Kier alpha value is -2.36. The van der Waals surface area contributed by atoms with Crippen LogP contribution in [0.2, 0.25) is 0 Å². The highest BCUT2D eigenvalue weighted by atomic mass is 15.3. The highest BCUT2D eigenvalue weighted by Gasteiger charge is 2.26. The largest absolute Gasteiger partial charge is 0.367 e. The molecule has 1 saturated carbocycles. The van der Waals surface area contributed by atoms with Gasteiger partial charge >= 0.3 is 0 Å². The summed E-state index contributed by atoms with van der Waals surface area (Å²) in [5, 5.41) is 8.74. The first-order chi connectivity index (χ1) is 12.3. The van der Waals surface area contributed by atoms with Crippen molar-refractivity contribution >= 4 is 11.5 Å². The number of anilines is 1. The molecule has 1 aromatic carbocycles. The molecule has 4 heteroatoms. The first kappa shape index (κ1) is 14.9. The second-order valence-electron chi connectivity index (χ2n) is 7.43. The maximum absolute atomic E-state index is 5.05. The molecule has 0 radical (unpaired) electrons. The van der Waals surface area contributed by atoms with E-state index >= 15 is 0 Å². The molecule has 5 rings (SSSR count). The summed E-state index contributed by atoms with van der Waals surface area (Å²) in [4.78, 5) is 5.05. The van der Waals surface area contributed by atoms with Crippen LogP contribution >= 0.6 is 0 Å². The zero-order valence-electron chi connectivity index (χ0n) is 14.8. The number of benzene rings is 1. The van der Waals surface area contributed by atoms with Gasteiger partial charge in [-0.25, -0.2) is 4.98 Å². The fourth-order valence-electron chi connectivity index (χ4n) is 4.49. The lowest BCUT2D eigenvalue weighted by molar-refractivity contribution is 0.735. The molecule has 0 amide bonds. The van der Waals surface area contributed by atoms with Crippen molar-refractivity contribution in [2.75, 3.05) is 5.32 Å². The lowest BCUT2D eigenvalue weighted by Crippen LogP contribution is -2.19. The van der Waals surface area contributed by atoms with E-state index in [1.165, 1.54) is 60.3 Å². The molecule has 0 saturated heterocycles. The van der Waals surface area contributed by atoms with E-state index in [1.54, 1.807) is 0 Å². The molecule has 0 spiro atoms. The minimum absolute atomic E-state index is 0.583. The van der Waals surface area contributed by atoms with Crippen molar-refractivity contribution in [3.63, 3.8) is 0 Å². The van der Waals surface area contributed by atoms with Gasteiger partial charge in [0, 0.05) is 22.9 Å². The first-order valence-corrected chi connectivity index (χ1v) is 9.54. The lowest BCUT2D eigenvalue weighted by Gasteiger charge is -2.18. The van der Waals surface area contributed by atoms with Gasteiger partial charge in [0.2, 0.25) is 0 Å². The van der Waals surface area contributed by atoms with E-state index in [0.29, 0.717) is 6.04 Å². The van der Waals surface area contributed by atoms with Gasteiger partial charge in [0.15, 0.2) is 5.65 Å². The van der Waals surface area contributed by atoms with Gasteiger partial charge in [-0.1, -0.05) is 43.2 Å². The van der Waals surface area contributed by atoms with Gasteiger partial charge < -0.3 is 5.32 Å². The Morgan fingerprint density at radius 3 is 2.64 bits per heavy atom. The summed E-state index contributed by atoms with van der Waals surface area (Å²) in [6.45, 7) is 2.10. The Morgan fingerprint density at radius 2 is 1.84 bits per heavy atom. The van der Waals surface area contributed by atoms with Gasteiger partial charge in [-0.3, -0.25) is 0 Å². The molecule has 2 aliphatic carbocycles. The summed E-state index contributed by atoms with van der Waals surface area (Å²) in [5.74, 6) is 1.20. The van der Waals surface area contributed by atoms with E-state index < -0.39 is 0 Å². The molecule has 25 heavy (non-hydrogen) atoms. The molecule has 0 bridgehead atoms. The van der Waals surface area contributed by atoms with Gasteiger partial charge in [0.25, 0.3) is 0 Å². The van der Waals surface area contributed by atoms with Crippen molar-refractivity contribution in [2.45, 2.75) is 57.9 Å². The number of rotatable bonds is 3. The minimum atomic E-state index is 0.583. The quantitative estimate of drug-likeness (QED) is 0.765. The predicted octanol–water partition coefficient (Wildman–Crippen LogP) is 4.55. The third kappa shape index (κ3) is 2.43. The Morgan fingerprint density at radius 1 is 1.04 bits per heavy atom. The Kier molecular flexibility index (Phi) is 3.51. The Bertz CT molecular complexity index is 920. The molecule has 2 aromatic heterocycles. The molecule has 4 nitrogen and oxygen atoms in total. The van der Waals surface area contributed by atoms with Crippen molar-refractivity contribution in [3.05, 3.63) is 47.3 Å². The second kappa shape index (κ2) is 5.87. The minimum Gasteiger partial charge on any atom is -0.367 e. The van der Waals surface area contributed by atoms with Crippen LogP contribution < -0.4 is 5.32 Å². The Balaban J connectivity index is 1.72. The van der Waals surface area contributed by atoms with Crippen molar-refractivity contribution < 1.29 is 0 Å². The summed E-state index contributed by atoms with van der Waals surface area (Å²) in [5.41, 5.74) is 7.09. The fraction of sp³-hybridized carbons (Fsp3) is 0.429. The fourth-order valence-corrected chi connectivity index (χ4v) is 4.49. The SMILES string of the molecule is Cc1nn2c(NC3CCCC3)c3c(nc2c1-c1ccccc1)CCC3. The summed E-state index contributed by atoms with van der Waals surface area (Å²) < 4.78 is 2.08. The molecule has 0 unspecified atom stereocenters. The van der Waals surface area contributed by atoms with Gasteiger partial charge in [0.05, 0.1) is 5.69 Å². The molecule has 2 aliphatic rings. The van der Waals surface area contributed by atoms with Gasteiger partial charge in [-0.15, -0.1) is 0 Å². The van der Waals surface area contributed by atoms with Crippen LogP contribution in [0, 0.1) is 6.92 Å². The average Bonchev–Trinajstić information content (AvgIpc) is 3.35. The highest BCUT2D eigenvalue weighted by molar-refractivity contribution is 5.81. The van der Waals surface area contributed by atoms with Crippen LogP contribution in [0.1, 0.15) is 49.1 Å². The van der Waals surface area contributed by atoms with E-state index in [0.717, 1.165) is 24.2 Å². The third-order valence-corrected chi connectivity index (χ3v) is 5.72. The van der Waals surface area contributed by atoms with Crippen molar-refractivity contribution in [3.8, 4) is 11.1 Å². The molecule has 1 fully saturated rings. The summed E-state index contributed by atoms with van der Waals surface area (Å²) in [6.07, 6.45) is 8.61. The second-order valence-corrected chi connectivity index (χ2v) is 7.43. The topological polar surface area (TPSA) is 42.2 Å². The molecular weight excluding hydrogens is 308 g/mol. The summed E-state index contributed by atoms with van der Waals surface area (Å²) >= 11 is 0. The lowest BCUT2D eigenvalue weighted by atomic mass is 10.1. The molecule has 0 aliphatic heterocycles. The molecule has 128 valence electrons. The van der Waals surface area contributed by atoms with Crippen LogP contribution in [0.25, 0.3) is 16.8 Å². The summed E-state index contributed by atoms with van der Waals surface area (Å²) in [7, 11) is 0. The van der Waals surface area contributed by atoms with Crippen LogP contribution in [0.3, 0.4) is 0 Å². The first-order valence-electron chi connectivity index (χ1n) is 9.54. The number of fused-ring (bicyclic) bond motifs is 2. The zero-order valence-corrected chi connectivity index (χ0v) is 14.8. The zero-order chi connectivity index (χ0) is 16.8. The van der Waals surface area contributed by atoms with Crippen LogP contribution in [0.4, 0.5) is 5.82 Å². The van der Waals surface area contributed by atoms with Gasteiger partial charge in [-0.05, 0) is 44.6 Å². The van der Waals surface area contributed by atoms with E-state index in [1.807, 2.05) is 0 Å². The predicted molar refractivity (Wildman–Crippen MR) is 101 cm³/mol. The standard InChI is InChI=1S/C21H24N4/c1-14-19(15-8-3-2-4-9-15)21-23-18-13-7-12-17(18)20(25(21)24-14)22-16-10-5-6-11-16/h2-4,8-9,16,22H,5-7,10-13H2,1H3. The maximum Gasteiger partial charge on any atom is 0.165 e. The number of nitrogens with zero attached hydrogens (tertiary/aromatic N) is 3. The maximum atomic E-state index is 5.05. The van der Waals surface area contributed by atoms with E-state index in [2.05, 4.69) is 47.1 Å². The van der Waals surface area contributed by atoms with Crippen LogP contribution in [-0.4, -0.2) is 20.6 Å². The average molecular weight is 332 g/mol. The van der Waals surface area contributed by atoms with E-state index in [4.69, 9.17) is 10.1 Å². The van der Waals surface area contributed by atoms with Crippen LogP contribution in [0.15, 0.2) is 30.3 Å². The number of hydrogen-bond acceptors (Lipinski definition) is 3. The number of aryl methyl sites for hydroxylation is 2. The van der Waals surface area contributed by atoms with E-state index in [-0.39, 0.29) is 0 Å². The van der Waals surface area contributed by atoms with Gasteiger partial charge in [0.1, 0.15) is 5.82 Å². The third-order valence-electron chi connectivity index (χ3n) is 5.72. The van der Waals surface area contributed by atoms with Crippen molar-refractivity contribution in [1.29, 1.82) is 0 Å². The molecule has 3 aromatic rings. The number of hydrogen-bond donors (Lipinski definition) is 1. The molecular formula is C21H24N4. The van der Waals surface area contributed by atoms with E-state index in [9.17, 15) is 0 Å². The van der Waals surface area contributed by atoms with Gasteiger partial charge in [-0.2, -0.15) is 9.61 Å².